The molecule has 0 atom stereocenters. The third-order valence-corrected chi connectivity index (χ3v) is 5.35. The Hall–Kier alpha value is -3.34. The summed E-state index contributed by atoms with van der Waals surface area (Å²) in [7, 11) is 2.94. The number of aryl methyl sites for hydroxylation is 1. The summed E-state index contributed by atoms with van der Waals surface area (Å²) in [5.74, 6) is 0.485. The highest BCUT2D eigenvalue weighted by Crippen LogP contribution is 2.22. The lowest BCUT2D eigenvalue weighted by molar-refractivity contribution is -0.124. The fraction of sp³-hybridized carbons (Fsp3) is 0.235. The van der Waals surface area contributed by atoms with Gasteiger partial charge in [0.05, 0.1) is 12.3 Å². The molecular weight excluding hydrogens is 382 g/mol. The number of amidine groups is 1. The van der Waals surface area contributed by atoms with E-state index in [1.165, 1.54) is 30.4 Å². The van der Waals surface area contributed by atoms with Crippen LogP contribution in [-0.2, 0) is 25.4 Å². The predicted octanol–water partition coefficient (Wildman–Crippen LogP) is 0.419. The molecule has 1 aliphatic rings. The molecule has 0 saturated carbocycles. The molecule has 28 heavy (non-hydrogen) atoms. The number of carbonyl (C=O) groups is 1. The molecule has 0 aliphatic carbocycles. The minimum absolute atomic E-state index is 0.0322. The molecule has 0 unspecified atom stereocenters. The topological polar surface area (TPSA) is 117 Å². The summed E-state index contributed by atoms with van der Waals surface area (Å²) >= 11 is 1.32. The molecule has 0 bridgehead atoms. The lowest BCUT2D eigenvalue weighted by Gasteiger charge is -2.15. The Labute approximate surface area is 162 Å². The molecule has 4 rings (SSSR count). The molecule has 144 valence electrons. The maximum Gasteiger partial charge on any atom is 0.332 e. The van der Waals surface area contributed by atoms with Gasteiger partial charge in [0.1, 0.15) is 0 Å². The largest absolute Gasteiger partial charge is 0.332 e. The van der Waals surface area contributed by atoms with Gasteiger partial charge in [0.2, 0.25) is 11.9 Å². The number of nitrogens with zero attached hydrogens (tertiary/aromatic N) is 5. The lowest BCUT2D eigenvalue weighted by atomic mass is 10.2. The summed E-state index contributed by atoms with van der Waals surface area (Å²) in [4.78, 5) is 45.1. The predicted molar refractivity (Wildman–Crippen MR) is 107 cm³/mol. The molecule has 0 spiro atoms. The minimum Gasteiger partial charge on any atom is -0.317 e. The van der Waals surface area contributed by atoms with Crippen molar-refractivity contribution in [2.45, 2.75) is 6.54 Å². The van der Waals surface area contributed by atoms with Gasteiger partial charge < -0.3 is 4.98 Å². The average Bonchev–Trinajstić information content (AvgIpc) is 3.28. The number of anilines is 1. The SMILES string of the molecule is Cn1c(=O)c2[nH]c(N/N=C3/SCC(=O)N3Cc3ccccc3)nc2n(C)c1=O. The molecular formula is C17H17N7O3S. The van der Waals surface area contributed by atoms with E-state index in [2.05, 4.69) is 20.5 Å². The number of rotatable bonds is 4. The second kappa shape index (κ2) is 7.00. The first-order valence-corrected chi connectivity index (χ1v) is 9.41. The lowest BCUT2D eigenvalue weighted by Crippen LogP contribution is -2.36. The molecule has 1 saturated heterocycles. The van der Waals surface area contributed by atoms with E-state index >= 15 is 0 Å². The first kappa shape index (κ1) is 18.0. The Kier molecular flexibility index (Phi) is 4.51. The maximum atomic E-state index is 12.2. The fourth-order valence-corrected chi connectivity index (χ4v) is 3.72. The van der Waals surface area contributed by atoms with Gasteiger partial charge in [-0.1, -0.05) is 42.1 Å². The highest BCUT2D eigenvalue weighted by molar-refractivity contribution is 8.15. The van der Waals surface area contributed by atoms with Gasteiger partial charge in [0.25, 0.3) is 5.56 Å². The number of imidazole rings is 1. The van der Waals surface area contributed by atoms with E-state index in [-0.39, 0.29) is 23.0 Å². The number of hydrogen-bond acceptors (Lipinski definition) is 7. The summed E-state index contributed by atoms with van der Waals surface area (Å²) < 4.78 is 2.28. The van der Waals surface area contributed by atoms with Crippen molar-refractivity contribution >= 4 is 39.9 Å². The maximum absolute atomic E-state index is 12.2. The Bertz CT molecular complexity index is 1210. The normalized spacial score (nSPS) is 15.7. The van der Waals surface area contributed by atoms with Crippen molar-refractivity contribution in [3.63, 3.8) is 0 Å². The Morgan fingerprint density at radius 1 is 1.18 bits per heavy atom. The van der Waals surface area contributed by atoms with E-state index < -0.39 is 11.2 Å². The van der Waals surface area contributed by atoms with Crippen LogP contribution in [0.1, 0.15) is 5.56 Å². The van der Waals surface area contributed by atoms with Crippen LogP contribution >= 0.6 is 11.8 Å². The molecule has 1 fully saturated rings. The zero-order chi connectivity index (χ0) is 19.8. The number of hydrazone groups is 1. The number of amides is 1. The molecule has 2 aromatic heterocycles. The smallest absolute Gasteiger partial charge is 0.317 e. The van der Waals surface area contributed by atoms with E-state index in [0.717, 1.165) is 10.1 Å². The average molecular weight is 399 g/mol. The molecule has 3 aromatic rings. The fourth-order valence-electron chi connectivity index (χ4n) is 2.88. The van der Waals surface area contributed by atoms with Crippen LogP contribution in [0.15, 0.2) is 45.0 Å². The quantitative estimate of drug-likeness (QED) is 0.614. The van der Waals surface area contributed by atoms with Gasteiger partial charge in [0.15, 0.2) is 16.3 Å². The molecule has 11 heteroatoms. The van der Waals surface area contributed by atoms with Gasteiger partial charge in [0, 0.05) is 14.1 Å². The standard InChI is InChI=1S/C17H17N7O3S/c1-22-13-12(14(26)23(2)17(22)27)18-15(19-13)20-21-16-24(11(25)9-28-16)8-10-6-4-3-5-7-10/h3-7H,8-9H2,1-2H3,(H2,18,19,20)/b21-16+. The number of benzene rings is 1. The van der Waals surface area contributed by atoms with Crippen LogP contribution in [0.3, 0.4) is 0 Å². The number of hydrogen-bond donors (Lipinski definition) is 2. The van der Waals surface area contributed by atoms with Gasteiger partial charge in [-0.05, 0) is 5.56 Å². The van der Waals surface area contributed by atoms with Crippen molar-refractivity contribution in [2.24, 2.45) is 19.2 Å². The van der Waals surface area contributed by atoms with Gasteiger partial charge in [-0.3, -0.25) is 23.6 Å². The molecule has 10 nitrogen and oxygen atoms in total. The van der Waals surface area contributed by atoms with Crippen LogP contribution in [0.25, 0.3) is 11.2 Å². The number of nitrogens with one attached hydrogen (secondary N) is 2. The van der Waals surface area contributed by atoms with Crippen LogP contribution in [0.4, 0.5) is 5.95 Å². The number of thioether (sulfide) groups is 1. The molecule has 1 aliphatic heterocycles. The Balaban J connectivity index is 1.62. The number of H-pyrrole nitrogens is 1. The number of aromatic nitrogens is 4. The van der Waals surface area contributed by atoms with E-state index in [0.29, 0.717) is 17.5 Å². The number of carbonyl (C=O) groups excluding carboxylic acids is 1. The third-order valence-electron chi connectivity index (χ3n) is 4.39. The molecule has 2 N–H and O–H groups in total. The highest BCUT2D eigenvalue weighted by Gasteiger charge is 2.28. The summed E-state index contributed by atoms with van der Waals surface area (Å²) in [6.07, 6.45) is 0. The van der Waals surface area contributed by atoms with Gasteiger partial charge in [-0.25, -0.2) is 10.2 Å². The van der Waals surface area contributed by atoms with E-state index in [1.807, 2.05) is 30.3 Å². The van der Waals surface area contributed by atoms with Gasteiger partial charge in [-0.15, -0.1) is 5.10 Å². The van der Waals surface area contributed by atoms with Crippen LogP contribution in [0, 0.1) is 0 Å². The third kappa shape index (κ3) is 3.09. The number of fused-ring (bicyclic) bond motifs is 1. The van der Waals surface area contributed by atoms with Crippen molar-refractivity contribution in [3.8, 4) is 0 Å². The van der Waals surface area contributed by atoms with Crippen molar-refractivity contribution < 1.29 is 4.79 Å². The molecule has 3 heterocycles. The summed E-state index contributed by atoms with van der Waals surface area (Å²) in [5, 5.41) is 4.78. The van der Waals surface area contributed by atoms with Gasteiger partial charge in [-0.2, -0.15) is 4.98 Å². The Morgan fingerprint density at radius 2 is 1.93 bits per heavy atom. The zero-order valence-corrected chi connectivity index (χ0v) is 16.0. The van der Waals surface area contributed by atoms with Crippen LogP contribution in [0.2, 0.25) is 0 Å². The minimum atomic E-state index is -0.470. The van der Waals surface area contributed by atoms with Crippen molar-refractivity contribution in [1.82, 2.24) is 24.0 Å². The van der Waals surface area contributed by atoms with Crippen LogP contribution < -0.4 is 16.7 Å². The summed E-state index contributed by atoms with van der Waals surface area (Å²) in [5.41, 5.74) is 3.23. The molecule has 0 radical (unpaired) electrons. The van der Waals surface area contributed by atoms with Crippen LogP contribution in [-0.4, -0.2) is 40.8 Å². The molecule has 1 aromatic carbocycles. The molecule has 1 amide bonds. The van der Waals surface area contributed by atoms with Crippen molar-refractivity contribution in [3.05, 3.63) is 56.7 Å². The summed E-state index contributed by atoms with van der Waals surface area (Å²) in [6, 6.07) is 9.63. The van der Waals surface area contributed by atoms with Crippen LogP contribution in [0.5, 0.6) is 0 Å². The summed E-state index contributed by atoms with van der Waals surface area (Å²) in [6.45, 7) is 0.419. The monoisotopic (exact) mass is 399 g/mol. The Morgan fingerprint density at radius 3 is 2.68 bits per heavy atom. The van der Waals surface area contributed by atoms with E-state index in [4.69, 9.17) is 0 Å². The zero-order valence-electron chi connectivity index (χ0n) is 15.2. The van der Waals surface area contributed by atoms with E-state index in [9.17, 15) is 14.4 Å². The van der Waals surface area contributed by atoms with E-state index in [1.54, 1.807) is 4.90 Å². The second-order valence-corrected chi connectivity index (χ2v) is 7.19. The first-order valence-electron chi connectivity index (χ1n) is 8.42. The first-order chi connectivity index (χ1) is 13.5. The second-order valence-electron chi connectivity index (χ2n) is 6.25. The van der Waals surface area contributed by atoms with Crippen molar-refractivity contribution in [1.29, 1.82) is 0 Å². The number of aromatic amines is 1. The highest BCUT2D eigenvalue weighted by atomic mass is 32.2. The van der Waals surface area contributed by atoms with Gasteiger partial charge >= 0.3 is 5.69 Å². The van der Waals surface area contributed by atoms with Crippen molar-refractivity contribution in [2.75, 3.05) is 11.2 Å².